The lowest BCUT2D eigenvalue weighted by Gasteiger charge is -2.34. The molecule has 1 N–H and O–H groups in total. The third-order valence-electron chi connectivity index (χ3n) is 3.77. The van der Waals surface area contributed by atoms with Crippen LogP contribution < -0.4 is 5.32 Å². The molecule has 0 saturated carbocycles. The van der Waals surface area contributed by atoms with E-state index in [1.807, 2.05) is 0 Å². The van der Waals surface area contributed by atoms with E-state index >= 15 is 0 Å². The fraction of sp³-hybridized carbons (Fsp3) is 0.765. The minimum atomic E-state index is -1.45. The summed E-state index contributed by atoms with van der Waals surface area (Å²) in [6.45, 7) is 11.2. The first-order valence-corrected chi connectivity index (χ1v) is 8.30. The number of ketones is 1. The van der Waals surface area contributed by atoms with E-state index < -0.39 is 53.3 Å². The molecule has 0 aromatic carbocycles. The molecule has 0 spiro atoms. The highest BCUT2D eigenvalue weighted by atomic mass is 16.6. The van der Waals surface area contributed by atoms with Crippen molar-refractivity contribution >= 4 is 23.8 Å². The number of carbonyl (C=O) groups excluding carboxylic acids is 4. The Bertz CT molecular complexity index is 594. The smallest absolute Gasteiger partial charge is 0.413 e. The molecule has 1 aliphatic heterocycles. The van der Waals surface area contributed by atoms with Gasteiger partial charge in [0.15, 0.2) is 11.8 Å². The molecular formula is C17H28N2O7. The van der Waals surface area contributed by atoms with Crippen LogP contribution in [0, 0.1) is 0 Å². The first-order chi connectivity index (χ1) is 11.7. The van der Waals surface area contributed by atoms with Crippen molar-refractivity contribution in [2.45, 2.75) is 78.0 Å². The average Bonchev–Trinajstić information content (AvgIpc) is 2.70. The number of carbonyl (C=O) groups is 4. The number of hydrogen-bond donors (Lipinski definition) is 1. The van der Waals surface area contributed by atoms with Crippen LogP contribution in [-0.2, 0) is 28.6 Å². The van der Waals surface area contributed by atoms with Crippen molar-refractivity contribution in [3.63, 3.8) is 0 Å². The molecule has 1 saturated heterocycles. The molecule has 3 atom stereocenters. The maximum Gasteiger partial charge on any atom is 0.413 e. The van der Waals surface area contributed by atoms with Gasteiger partial charge in [0.25, 0.3) is 0 Å². The van der Waals surface area contributed by atoms with Gasteiger partial charge in [0.05, 0.1) is 13.2 Å². The van der Waals surface area contributed by atoms with Gasteiger partial charge in [-0.05, 0) is 48.5 Å². The van der Waals surface area contributed by atoms with E-state index in [0.29, 0.717) is 0 Å². The number of esters is 1. The second kappa shape index (κ2) is 7.61. The Balaban J connectivity index is 3.12. The zero-order valence-electron chi connectivity index (χ0n) is 16.5. The van der Waals surface area contributed by atoms with Crippen molar-refractivity contribution in [1.82, 2.24) is 10.2 Å². The minimum Gasteiger partial charge on any atom is -0.467 e. The van der Waals surface area contributed by atoms with E-state index in [2.05, 4.69) is 10.1 Å². The highest BCUT2D eigenvalue weighted by Gasteiger charge is 2.53. The first-order valence-electron chi connectivity index (χ1n) is 8.30. The minimum absolute atomic E-state index is 0.583. The Labute approximate surface area is 153 Å². The van der Waals surface area contributed by atoms with Gasteiger partial charge in [-0.25, -0.2) is 9.59 Å². The van der Waals surface area contributed by atoms with Gasteiger partial charge in [0, 0.05) is 0 Å². The monoisotopic (exact) mass is 372 g/mol. The maximum atomic E-state index is 12.8. The van der Waals surface area contributed by atoms with Gasteiger partial charge >= 0.3 is 12.1 Å². The Hall–Kier alpha value is -2.16. The third-order valence-corrected chi connectivity index (χ3v) is 3.77. The predicted molar refractivity (Wildman–Crippen MR) is 91.1 cm³/mol. The average molecular weight is 372 g/mol. The summed E-state index contributed by atoms with van der Waals surface area (Å²) in [5.41, 5.74) is -1.88. The van der Waals surface area contributed by atoms with Gasteiger partial charge in [-0.2, -0.15) is 0 Å². The fourth-order valence-electron chi connectivity index (χ4n) is 2.77. The van der Waals surface area contributed by atoms with E-state index in [1.54, 1.807) is 41.5 Å². The summed E-state index contributed by atoms with van der Waals surface area (Å²) < 4.78 is 15.6. The number of Topliss-reactive ketones (excluding diaryl/α,β-unsaturated/α-hetero) is 1. The quantitative estimate of drug-likeness (QED) is 0.579. The topological polar surface area (TPSA) is 111 Å². The van der Waals surface area contributed by atoms with E-state index in [9.17, 15) is 19.2 Å². The number of amides is 2. The molecule has 2 amide bonds. The first kappa shape index (κ1) is 21.9. The largest absolute Gasteiger partial charge is 0.467 e. The second-order valence-corrected chi connectivity index (χ2v) is 7.64. The molecule has 9 nitrogen and oxygen atoms in total. The lowest BCUT2D eigenvalue weighted by Crippen LogP contribution is -2.58. The van der Waals surface area contributed by atoms with Crippen molar-refractivity contribution < 1.29 is 33.4 Å². The van der Waals surface area contributed by atoms with Gasteiger partial charge < -0.3 is 19.5 Å². The van der Waals surface area contributed by atoms with E-state index in [-0.39, 0.29) is 0 Å². The Kier molecular flexibility index (Phi) is 6.40. The number of hydrogen-bond acceptors (Lipinski definition) is 7. The van der Waals surface area contributed by atoms with Crippen molar-refractivity contribution in [3.8, 4) is 0 Å². The number of nitrogens with zero attached hydrogens (tertiary/aromatic N) is 1. The maximum absolute atomic E-state index is 12.8. The van der Waals surface area contributed by atoms with Gasteiger partial charge in [0.1, 0.15) is 17.4 Å². The molecule has 1 aliphatic rings. The molecule has 0 radical (unpaired) electrons. The SMILES string of the molecule is COC(=O)C(NC(=O)[C@@H]1[C@@H](C)OC(C)(C)N1C(=O)OC(C)(C)C)C(C)=O. The third kappa shape index (κ3) is 4.94. The number of methoxy groups -OCH3 is 1. The van der Waals surface area contributed by atoms with Crippen molar-refractivity contribution in [2.24, 2.45) is 0 Å². The van der Waals surface area contributed by atoms with Crippen LogP contribution in [0.1, 0.15) is 48.5 Å². The molecule has 9 heteroatoms. The molecule has 1 fully saturated rings. The molecule has 0 aliphatic carbocycles. The van der Waals surface area contributed by atoms with Crippen LogP contribution in [0.2, 0.25) is 0 Å². The number of rotatable bonds is 4. The summed E-state index contributed by atoms with van der Waals surface area (Å²) in [4.78, 5) is 49.9. The fourth-order valence-corrected chi connectivity index (χ4v) is 2.77. The van der Waals surface area contributed by atoms with E-state index in [4.69, 9.17) is 9.47 Å². The van der Waals surface area contributed by atoms with Crippen LogP contribution in [0.25, 0.3) is 0 Å². The molecule has 1 heterocycles. The summed E-state index contributed by atoms with van der Waals surface area (Å²) in [6, 6.07) is -2.53. The summed E-state index contributed by atoms with van der Waals surface area (Å²) in [6.07, 6.45) is -1.41. The predicted octanol–water partition coefficient (Wildman–Crippen LogP) is 0.994. The number of ether oxygens (including phenoxy) is 3. The molecule has 0 aromatic rings. The summed E-state index contributed by atoms with van der Waals surface area (Å²) in [5.74, 6) is -2.18. The van der Waals surface area contributed by atoms with Crippen LogP contribution in [0.15, 0.2) is 0 Å². The lowest BCUT2D eigenvalue weighted by atomic mass is 10.1. The van der Waals surface area contributed by atoms with Crippen LogP contribution >= 0.6 is 0 Å². The standard InChI is InChI=1S/C17H28N2O7/c1-9(20)11(14(22)24-8)18-13(21)12-10(2)25-17(6,7)19(12)15(23)26-16(3,4)5/h10-12H,1-8H3,(H,18,21)/t10-,11?,12+/m1/s1. The van der Waals surface area contributed by atoms with E-state index in [1.165, 1.54) is 4.90 Å². The van der Waals surface area contributed by atoms with Crippen LogP contribution in [0.3, 0.4) is 0 Å². The van der Waals surface area contributed by atoms with Crippen molar-refractivity contribution in [2.75, 3.05) is 7.11 Å². The molecule has 0 bridgehead atoms. The van der Waals surface area contributed by atoms with Gasteiger partial charge in [0.2, 0.25) is 5.91 Å². The summed E-state index contributed by atoms with van der Waals surface area (Å²) in [5, 5.41) is 2.33. The van der Waals surface area contributed by atoms with Crippen LogP contribution in [-0.4, -0.2) is 65.3 Å². The second-order valence-electron chi connectivity index (χ2n) is 7.64. The lowest BCUT2D eigenvalue weighted by molar-refractivity contribution is -0.148. The molecule has 148 valence electrons. The molecular weight excluding hydrogens is 344 g/mol. The zero-order valence-corrected chi connectivity index (χ0v) is 16.5. The van der Waals surface area contributed by atoms with Crippen LogP contribution in [0.4, 0.5) is 4.79 Å². The molecule has 1 rings (SSSR count). The van der Waals surface area contributed by atoms with Gasteiger partial charge in [-0.1, -0.05) is 0 Å². The normalized spacial score (nSPS) is 23.2. The molecule has 26 heavy (non-hydrogen) atoms. The molecule has 1 unspecified atom stereocenters. The Morgan fingerprint density at radius 3 is 2.15 bits per heavy atom. The molecule has 0 aromatic heterocycles. The van der Waals surface area contributed by atoms with Gasteiger partial charge in [-0.3, -0.25) is 14.5 Å². The van der Waals surface area contributed by atoms with Crippen molar-refractivity contribution in [1.29, 1.82) is 0 Å². The Morgan fingerprint density at radius 1 is 1.19 bits per heavy atom. The number of nitrogens with one attached hydrogen (secondary N) is 1. The summed E-state index contributed by atoms with van der Waals surface area (Å²) in [7, 11) is 1.11. The van der Waals surface area contributed by atoms with Gasteiger partial charge in [-0.15, -0.1) is 0 Å². The Morgan fingerprint density at radius 2 is 1.73 bits per heavy atom. The zero-order chi connectivity index (χ0) is 20.4. The van der Waals surface area contributed by atoms with Crippen LogP contribution in [0.5, 0.6) is 0 Å². The highest BCUT2D eigenvalue weighted by Crippen LogP contribution is 2.33. The van der Waals surface area contributed by atoms with Crippen molar-refractivity contribution in [3.05, 3.63) is 0 Å². The summed E-state index contributed by atoms with van der Waals surface area (Å²) >= 11 is 0. The highest BCUT2D eigenvalue weighted by molar-refractivity contribution is 6.05. The van der Waals surface area contributed by atoms with E-state index in [0.717, 1.165) is 14.0 Å².